The highest BCUT2D eigenvalue weighted by Crippen LogP contribution is 2.10. The standard InChI is InChI=1S/C11H14N4O4/c1-15-5-4-12-9(15)2-3-13-10(16)8-6-7(11(17)18)14-19-8/h4-5,8H,2-3,6H2,1H3,(H,13,16)(H,17,18). The van der Waals surface area contributed by atoms with Gasteiger partial charge in [-0.2, -0.15) is 0 Å². The summed E-state index contributed by atoms with van der Waals surface area (Å²) in [5.41, 5.74) is -0.135. The zero-order valence-corrected chi connectivity index (χ0v) is 10.4. The SMILES string of the molecule is Cn1ccnc1CCNC(=O)C1CC(C(=O)O)=NO1. The van der Waals surface area contributed by atoms with Crippen molar-refractivity contribution in [1.82, 2.24) is 14.9 Å². The Morgan fingerprint density at radius 3 is 3.00 bits per heavy atom. The molecule has 8 heteroatoms. The summed E-state index contributed by atoms with van der Waals surface area (Å²) in [6.07, 6.45) is 3.24. The van der Waals surface area contributed by atoms with E-state index in [1.54, 1.807) is 6.20 Å². The minimum atomic E-state index is -1.16. The van der Waals surface area contributed by atoms with Crippen molar-refractivity contribution in [2.45, 2.75) is 18.9 Å². The van der Waals surface area contributed by atoms with Crippen LogP contribution in [0.3, 0.4) is 0 Å². The second kappa shape index (κ2) is 5.51. The van der Waals surface area contributed by atoms with Gasteiger partial charge in [0.25, 0.3) is 5.91 Å². The van der Waals surface area contributed by atoms with Crippen LogP contribution in [-0.4, -0.2) is 44.9 Å². The Hall–Kier alpha value is -2.38. The van der Waals surface area contributed by atoms with Gasteiger partial charge in [0.15, 0.2) is 5.71 Å². The summed E-state index contributed by atoms with van der Waals surface area (Å²) in [5, 5.41) is 14.7. The van der Waals surface area contributed by atoms with Crippen molar-refractivity contribution in [3.63, 3.8) is 0 Å². The molecule has 0 saturated heterocycles. The first kappa shape index (κ1) is 13.1. The summed E-state index contributed by atoms with van der Waals surface area (Å²) in [5.74, 6) is -0.673. The number of carboxylic acids is 1. The molecule has 2 rings (SSSR count). The highest BCUT2D eigenvalue weighted by Gasteiger charge is 2.31. The normalized spacial score (nSPS) is 17.7. The number of nitrogens with one attached hydrogen (secondary N) is 1. The van der Waals surface area contributed by atoms with Gasteiger partial charge < -0.3 is 19.8 Å². The third-order valence-corrected chi connectivity index (χ3v) is 2.78. The van der Waals surface area contributed by atoms with E-state index in [1.165, 1.54) is 0 Å². The van der Waals surface area contributed by atoms with Gasteiger partial charge >= 0.3 is 5.97 Å². The first-order chi connectivity index (χ1) is 9.08. The van der Waals surface area contributed by atoms with Crippen LogP contribution in [0, 0.1) is 0 Å². The van der Waals surface area contributed by atoms with Crippen LogP contribution in [0.1, 0.15) is 12.2 Å². The molecule has 0 saturated carbocycles. The third-order valence-electron chi connectivity index (χ3n) is 2.78. The van der Waals surface area contributed by atoms with E-state index in [2.05, 4.69) is 15.5 Å². The highest BCUT2D eigenvalue weighted by atomic mass is 16.6. The van der Waals surface area contributed by atoms with Crippen molar-refractivity contribution in [3.05, 3.63) is 18.2 Å². The summed E-state index contributed by atoms with van der Waals surface area (Å²) < 4.78 is 1.86. The van der Waals surface area contributed by atoms with Crippen LogP contribution in [0.4, 0.5) is 0 Å². The Kier molecular flexibility index (Phi) is 3.79. The van der Waals surface area contributed by atoms with Crippen LogP contribution in [0.5, 0.6) is 0 Å². The van der Waals surface area contributed by atoms with Crippen molar-refractivity contribution < 1.29 is 19.5 Å². The van der Waals surface area contributed by atoms with E-state index in [0.717, 1.165) is 5.82 Å². The van der Waals surface area contributed by atoms with Gasteiger partial charge in [0, 0.05) is 38.8 Å². The number of carbonyl (C=O) groups excluding carboxylic acids is 1. The lowest BCUT2D eigenvalue weighted by molar-refractivity contribution is -0.131. The van der Waals surface area contributed by atoms with Crippen molar-refractivity contribution in [3.8, 4) is 0 Å². The maximum absolute atomic E-state index is 11.7. The molecule has 1 unspecified atom stereocenters. The van der Waals surface area contributed by atoms with Gasteiger partial charge in [-0.25, -0.2) is 9.78 Å². The van der Waals surface area contributed by atoms with Gasteiger partial charge in [-0.1, -0.05) is 5.16 Å². The monoisotopic (exact) mass is 266 g/mol. The molecule has 1 aliphatic heterocycles. The molecule has 1 amide bonds. The number of amides is 1. The van der Waals surface area contributed by atoms with Gasteiger partial charge in [-0.3, -0.25) is 4.79 Å². The Balaban J connectivity index is 1.74. The van der Waals surface area contributed by atoms with Gasteiger partial charge in [0.1, 0.15) is 5.82 Å². The number of aryl methyl sites for hydroxylation is 1. The molecule has 1 aliphatic rings. The van der Waals surface area contributed by atoms with E-state index in [1.807, 2.05) is 17.8 Å². The summed E-state index contributed by atoms with van der Waals surface area (Å²) in [6.45, 7) is 0.409. The van der Waals surface area contributed by atoms with Crippen LogP contribution in [-0.2, 0) is 27.9 Å². The second-order valence-electron chi connectivity index (χ2n) is 4.14. The molecule has 2 N–H and O–H groups in total. The topological polar surface area (TPSA) is 106 Å². The summed E-state index contributed by atoms with van der Waals surface area (Å²) in [7, 11) is 1.87. The Morgan fingerprint density at radius 2 is 2.42 bits per heavy atom. The number of hydrogen-bond donors (Lipinski definition) is 2. The van der Waals surface area contributed by atoms with E-state index >= 15 is 0 Å². The molecule has 1 aromatic heterocycles. The lowest BCUT2D eigenvalue weighted by Crippen LogP contribution is -2.36. The average Bonchev–Trinajstić information content (AvgIpc) is 2.98. The summed E-state index contributed by atoms with van der Waals surface area (Å²) in [4.78, 5) is 31.2. The fourth-order valence-electron chi connectivity index (χ4n) is 1.69. The minimum Gasteiger partial charge on any atom is -0.477 e. The van der Waals surface area contributed by atoms with E-state index in [4.69, 9.17) is 9.94 Å². The van der Waals surface area contributed by atoms with E-state index in [9.17, 15) is 9.59 Å². The molecule has 2 heterocycles. The molecule has 1 atom stereocenters. The van der Waals surface area contributed by atoms with Crippen molar-refractivity contribution in [2.24, 2.45) is 12.2 Å². The number of carboxylic acid groups (broad SMARTS) is 1. The molecular formula is C11H14N4O4. The fraction of sp³-hybridized carbons (Fsp3) is 0.455. The van der Waals surface area contributed by atoms with E-state index in [0.29, 0.717) is 13.0 Å². The van der Waals surface area contributed by atoms with Crippen LogP contribution in [0.25, 0.3) is 0 Å². The summed E-state index contributed by atoms with van der Waals surface area (Å²) in [6, 6.07) is 0. The lowest BCUT2D eigenvalue weighted by Gasteiger charge is -2.09. The van der Waals surface area contributed by atoms with Crippen LogP contribution >= 0.6 is 0 Å². The molecule has 0 bridgehead atoms. The maximum Gasteiger partial charge on any atom is 0.353 e. The largest absolute Gasteiger partial charge is 0.477 e. The van der Waals surface area contributed by atoms with Crippen LogP contribution < -0.4 is 5.32 Å². The molecule has 0 fully saturated rings. The molecule has 1 aromatic rings. The van der Waals surface area contributed by atoms with E-state index in [-0.39, 0.29) is 18.0 Å². The fourth-order valence-corrected chi connectivity index (χ4v) is 1.69. The van der Waals surface area contributed by atoms with Gasteiger partial charge in [0.2, 0.25) is 6.10 Å². The minimum absolute atomic E-state index is 0.0103. The number of aromatic nitrogens is 2. The smallest absolute Gasteiger partial charge is 0.353 e. The second-order valence-corrected chi connectivity index (χ2v) is 4.14. The maximum atomic E-state index is 11.7. The van der Waals surface area contributed by atoms with Crippen molar-refractivity contribution in [1.29, 1.82) is 0 Å². The average molecular weight is 266 g/mol. The number of oxime groups is 1. The molecule has 0 spiro atoms. The molecule has 19 heavy (non-hydrogen) atoms. The highest BCUT2D eigenvalue weighted by molar-refractivity contribution is 6.36. The Labute approximate surface area is 109 Å². The molecule has 0 aromatic carbocycles. The number of hydrogen-bond acceptors (Lipinski definition) is 5. The predicted octanol–water partition coefficient (Wildman–Crippen LogP) is -0.692. The Morgan fingerprint density at radius 1 is 1.63 bits per heavy atom. The zero-order valence-electron chi connectivity index (χ0n) is 10.4. The van der Waals surface area contributed by atoms with Crippen LogP contribution in [0.15, 0.2) is 17.5 Å². The first-order valence-electron chi connectivity index (χ1n) is 5.78. The van der Waals surface area contributed by atoms with Crippen molar-refractivity contribution in [2.75, 3.05) is 6.54 Å². The first-order valence-corrected chi connectivity index (χ1v) is 5.78. The summed E-state index contributed by atoms with van der Waals surface area (Å²) >= 11 is 0. The Bertz CT molecular complexity index is 523. The number of carbonyl (C=O) groups is 2. The molecule has 8 nitrogen and oxygen atoms in total. The lowest BCUT2D eigenvalue weighted by atomic mass is 10.1. The quantitative estimate of drug-likeness (QED) is 0.733. The van der Waals surface area contributed by atoms with Gasteiger partial charge in [-0.15, -0.1) is 0 Å². The molecule has 0 radical (unpaired) electrons. The number of nitrogens with zero attached hydrogens (tertiary/aromatic N) is 3. The molecular weight excluding hydrogens is 252 g/mol. The number of aliphatic carboxylic acids is 1. The van der Waals surface area contributed by atoms with Gasteiger partial charge in [-0.05, 0) is 0 Å². The zero-order chi connectivity index (χ0) is 13.8. The van der Waals surface area contributed by atoms with Crippen LogP contribution in [0.2, 0.25) is 0 Å². The number of imidazole rings is 1. The molecule has 0 aliphatic carbocycles. The third kappa shape index (κ3) is 3.09. The van der Waals surface area contributed by atoms with Crippen molar-refractivity contribution >= 4 is 17.6 Å². The predicted molar refractivity (Wildman–Crippen MR) is 64.5 cm³/mol. The van der Waals surface area contributed by atoms with E-state index < -0.39 is 12.1 Å². The molecule has 102 valence electrons. The van der Waals surface area contributed by atoms with Gasteiger partial charge in [0.05, 0.1) is 0 Å². The number of rotatable bonds is 5.